The van der Waals surface area contributed by atoms with Crippen LogP contribution in [0.1, 0.15) is 180 Å². The van der Waals surface area contributed by atoms with Gasteiger partial charge >= 0.3 is 5.97 Å². The molecule has 3 saturated carbocycles. The van der Waals surface area contributed by atoms with E-state index < -0.39 is 23.3 Å². The molecule has 0 unspecified atom stereocenters. The fourth-order valence-corrected chi connectivity index (χ4v) is 5.48. The summed E-state index contributed by atoms with van der Waals surface area (Å²) >= 11 is 0. The molecule has 0 atom stereocenters. The van der Waals surface area contributed by atoms with Crippen LogP contribution in [0.4, 0.5) is 0 Å². The molecule has 0 saturated heterocycles. The van der Waals surface area contributed by atoms with Crippen molar-refractivity contribution in [2.45, 2.75) is 198 Å². The van der Waals surface area contributed by atoms with Crippen LogP contribution in [0, 0.1) is 0 Å². The van der Waals surface area contributed by atoms with E-state index >= 15 is 0 Å². The number of aliphatic carboxylic acids is 1. The Kier molecular flexibility index (Phi) is 23.7. The van der Waals surface area contributed by atoms with Crippen molar-refractivity contribution in [3.8, 4) is 0 Å². The summed E-state index contributed by atoms with van der Waals surface area (Å²) in [6.45, 7) is 4.60. The van der Waals surface area contributed by atoms with Gasteiger partial charge in [0.05, 0.1) is 0 Å². The van der Waals surface area contributed by atoms with Crippen LogP contribution in [-0.4, -0.2) is 59.1 Å². The van der Waals surface area contributed by atoms with Crippen LogP contribution >= 0.6 is 0 Å². The van der Waals surface area contributed by atoms with Crippen LogP contribution in [0.25, 0.3) is 0 Å². The smallest absolute Gasteiger partial charge is 0.330 e. The minimum absolute atomic E-state index is 0.176. The first-order chi connectivity index (χ1) is 19.8. The number of aliphatic hydroxyl groups is 6. The van der Waals surface area contributed by atoms with Gasteiger partial charge in [-0.3, -0.25) is 0 Å². The molecule has 0 spiro atoms. The summed E-state index contributed by atoms with van der Waals surface area (Å²) in [5.41, 5.74) is 0.176. The van der Waals surface area contributed by atoms with Crippen molar-refractivity contribution in [3.63, 3.8) is 0 Å². The third kappa shape index (κ3) is 27.8. The highest BCUT2D eigenvalue weighted by Gasteiger charge is 2.23. The molecule has 7 N–H and O–H groups in total. The Hall–Kier alpha value is -1.03. The molecular weight excluding hydrogens is 536 g/mol. The molecule has 0 bridgehead atoms. The highest BCUT2D eigenvalue weighted by Crippen LogP contribution is 2.24. The molecule has 0 amide bonds. The third-order valence-electron chi connectivity index (χ3n) is 8.33. The van der Waals surface area contributed by atoms with Crippen molar-refractivity contribution in [3.05, 3.63) is 12.2 Å². The van der Waals surface area contributed by atoms with Crippen LogP contribution in [0.3, 0.4) is 0 Å². The molecule has 42 heavy (non-hydrogen) atoms. The zero-order valence-electron chi connectivity index (χ0n) is 26.8. The maximum absolute atomic E-state index is 9.60. The van der Waals surface area contributed by atoms with Gasteiger partial charge in [0.1, 0.15) is 0 Å². The zero-order chi connectivity index (χ0) is 31.7. The Morgan fingerprint density at radius 2 is 0.524 bits per heavy atom. The molecule has 0 aliphatic heterocycles. The molecule has 3 aliphatic carbocycles. The topological polar surface area (TPSA) is 159 Å². The Balaban J connectivity index is 0.000000549. The van der Waals surface area contributed by atoms with Crippen LogP contribution in [-0.2, 0) is 4.79 Å². The molecule has 0 radical (unpaired) electrons. The Bertz CT molecular complexity index is 555. The van der Waals surface area contributed by atoms with Crippen LogP contribution < -0.4 is 0 Å². The Labute approximate surface area is 256 Å². The lowest BCUT2D eigenvalue weighted by Crippen LogP contribution is -2.27. The largest absolute Gasteiger partial charge is 0.478 e. The maximum atomic E-state index is 9.60. The molecule has 0 heterocycles. The van der Waals surface area contributed by atoms with E-state index in [1.54, 1.807) is 0 Å². The van der Waals surface area contributed by atoms with E-state index in [4.69, 9.17) is 5.11 Å². The van der Waals surface area contributed by atoms with Gasteiger partial charge in [-0.15, -0.1) is 0 Å². The summed E-state index contributed by atoms with van der Waals surface area (Å²) in [7, 11) is 0. The molecule has 8 nitrogen and oxygen atoms in total. The summed E-state index contributed by atoms with van der Waals surface area (Å²) in [5, 5.41) is 64.6. The average Bonchev–Trinajstić information content (AvgIpc) is 2.91. The fraction of sp³-hybridized carbons (Fsp3) is 0.912. The number of carboxylic acid groups (broad SMARTS) is 1. The van der Waals surface area contributed by atoms with E-state index in [9.17, 15) is 35.4 Å². The summed E-state index contributed by atoms with van der Waals surface area (Å²) in [6, 6.07) is 0. The molecule has 3 fully saturated rings. The van der Waals surface area contributed by atoms with E-state index in [1.807, 2.05) is 0 Å². The zero-order valence-corrected chi connectivity index (χ0v) is 26.8. The number of rotatable bonds is 1. The Morgan fingerprint density at radius 3 is 0.643 bits per heavy atom. The van der Waals surface area contributed by atoms with Gasteiger partial charge in [0, 0.05) is 44.1 Å². The van der Waals surface area contributed by atoms with E-state index in [1.165, 1.54) is 64.7 Å². The van der Waals surface area contributed by atoms with E-state index in [0.717, 1.165) is 77.0 Å². The van der Waals surface area contributed by atoms with Crippen molar-refractivity contribution < 1.29 is 40.5 Å². The van der Waals surface area contributed by atoms with E-state index in [0.29, 0.717) is 38.5 Å². The number of hydrogen-bond donors (Lipinski definition) is 7. The maximum Gasteiger partial charge on any atom is 0.330 e. The highest BCUT2D eigenvalue weighted by molar-refractivity contribution is 5.84. The van der Waals surface area contributed by atoms with Crippen LogP contribution in [0.5, 0.6) is 0 Å². The number of carboxylic acids is 1. The van der Waals surface area contributed by atoms with Crippen molar-refractivity contribution in [1.82, 2.24) is 0 Å². The second kappa shape index (κ2) is 24.3. The predicted molar refractivity (Wildman–Crippen MR) is 169 cm³/mol. The molecule has 0 aromatic rings. The minimum atomic E-state index is -1.36. The quantitative estimate of drug-likeness (QED) is 0.122. The summed E-state index contributed by atoms with van der Waals surface area (Å²) in [5.74, 6) is -5.03. The lowest BCUT2D eigenvalue weighted by molar-refractivity contribution is -0.173. The van der Waals surface area contributed by atoms with Gasteiger partial charge in [-0.1, -0.05) is 103 Å². The fourth-order valence-electron chi connectivity index (χ4n) is 5.48. The molecule has 3 aliphatic rings. The lowest BCUT2D eigenvalue weighted by atomic mass is 9.97. The van der Waals surface area contributed by atoms with Crippen LogP contribution in [0.15, 0.2) is 12.2 Å². The van der Waals surface area contributed by atoms with Crippen molar-refractivity contribution >= 4 is 5.97 Å². The summed E-state index contributed by atoms with van der Waals surface area (Å²) < 4.78 is 0. The van der Waals surface area contributed by atoms with Crippen molar-refractivity contribution in [2.75, 3.05) is 0 Å². The van der Waals surface area contributed by atoms with Gasteiger partial charge in [0.2, 0.25) is 0 Å². The molecule has 3 rings (SSSR count). The second-order valence-electron chi connectivity index (χ2n) is 13.0. The van der Waals surface area contributed by atoms with Gasteiger partial charge in [0.25, 0.3) is 0 Å². The predicted octanol–water partition coefficient (Wildman–Crippen LogP) is 7.22. The van der Waals surface area contributed by atoms with Gasteiger partial charge in [-0.25, -0.2) is 4.79 Å². The average molecular weight is 603 g/mol. The van der Waals surface area contributed by atoms with Crippen LogP contribution in [0.2, 0.25) is 0 Å². The normalized spacial score (nSPS) is 23.8. The lowest BCUT2D eigenvalue weighted by Gasteiger charge is -2.22. The third-order valence-corrected chi connectivity index (χ3v) is 8.33. The molecular formula is C34H66O8. The first kappa shape index (κ1) is 41.0. The van der Waals surface area contributed by atoms with E-state index in [-0.39, 0.29) is 5.57 Å². The van der Waals surface area contributed by atoms with E-state index in [2.05, 4.69) is 6.58 Å². The van der Waals surface area contributed by atoms with Gasteiger partial charge in [0.15, 0.2) is 17.4 Å². The molecule has 8 heteroatoms. The van der Waals surface area contributed by atoms with Crippen molar-refractivity contribution in [1.29, 1.82) is 0 Å². The minimum Gasteiger partial charge on any atom is -0.478 e. The summed E-state index contributed by atoms with van der Waals surface area (Å²) in [6.07, 6.45) is 27.6. The monoisotopic (exact) mass is 602 g/mol. The molecule has 250 valence electrons. The number of hydrogen-bond acceptors (Lipinski definition) is 7. The highest BCUT2D eigenvalue weighted by atomic mass is 16.5. The van der Waals surface area contributed by atoms with Crippen molar-refractivity contribution in [2.24, 2.45) is 0 Å². The first-order valence-electron chi connectivity index (χ1n) is 17.0. The Morgan fingerprint density at radius 1 is 0.405 bits per heavy atom. The molecule has 0 aromatic carbocycles. The molecule has 0 aromatic heterocycles. The second-order valence-corrected chi connectivity index (χ2v) is 13.0. The van der Waals surface area contributed by atoms with Gasteiger partial charge in [-0.2, -0.15) is 0 Å². The first-order valence-corrected chi connectivity index (χ1v) is 17.0. The van der Waals surface area contributed by atoms with Gasteiger partial charge < -0.3 is 35.7 Å². The SMILES string of the molecule is C=C(C)C(=O)O.OC1(O)CCCCCCCCC1.OC1(O)CCCCCCCCC1.OC1(O)CCCCCCCCC1. The standard InChI is InChI=1S/3C10H20O2.C4H6O2/c3*11-10(12)8-6-4-2-1-3-5-7-9-10;1-3(2)4(5)6/h3*11-12H,1-9H2;1H2,2H3,(H,5,6). The number of carbonyl (C=O) groups is 1. The summed E-state index contributed by atoms with van der Waals surface area (Å²) in [4.78, 5) is 9.60. The van der Waals surface area contributed by atoms with Gasteiger partial charge in [-0.05, 0) is 45.4 Å².